The van der Waals surface area contributed by atoms with Crippen LogP contribution in [-0.4, -0.2) is 17.7 Å². The van der Waals surface area contributed by atoms with E-state index in [-0.39, 0.29) is 5.56 Å². The lowest BCUT2D eigenvalue weighted by Gasteiger charge is -2.12. The predicted octanol–water partition coefficient (Wildman–Crippen LogP) is 4.22. The number of hydrogen-bond donors (Lipinski definition) is 1. The summed E-state index contributed by atoms with van der Waals surface area (Å²) < 4.78 is 5.81. The highest BCUT2D eigenvalue weighted by Gasteiger charge is 2.14. The summed E-state index contributed by atoms with van der Waals surface area (Å²) in [5.74, 6) is -0.510. The maximum Gasteiger partial charge on any atom is 0.339 e. The van der Waals surface area contributed by atoms with E-state index in [4.69, 9.17) is 4.74 Å². The van der Waals surface area contributed by atoms with Gasteiger partial charge in [0.2, 0.25) is 0 Å². The molecule has 2 aromatic carbocycles. The van der Waals surface area contributed by atoms with Crippen LogP contribution in [0.25, 0.3) is 10.8 Å². The van der Waals surface area contributed by atoms with Gasteiger partial charge in [0.25, 0.3) is 0 Å². The molecule has 3 aromatic rings. The van der Waals surface area contributed by atoms with E-state index >= 15 is 0 Å². The van der Waals surface area contributed by atoms with Crippen molar-refractivity contribution in [1.29, 1.82) is 0 Å². The minimum atomic E-state index is -0.966. The van der Waals surface area contributed by atoms with E-state index < -0.39 is 5.97 Å². The third-order valence-corrected chi connectivity index (χ3v) is 4.22. The minimum absolute atomic E-state index is 0.208. The van der Waals surface area contributed by atoms with Crippen LogP contribution in [-0.2, 0) is 6.42 Å². The first kappa shape index (κ1) is 13.6. The molecule has 1 N–H and O–H groups in total. The van der Waals surface area contributed by atoms with Crippen molar-refractivity contribution >= 4 is 28.1 Å². The van der Waals surface area contributed by atoms with Gasteiger partial charge in [0.15, 0.2) is 0 Å². The SMILES string of the molecule is O=C(O)c1ccc2ccccc2c1OCCc1cccs1. The standard InChI is InChI=1S/C17H14O3S/c18-17(19)15-8-7-12-4-1-2-6-14(12)16(15)20-10-9-13-5-3-11-21-13/h1-8,11H,9-10H2,(H,18,19). The third kappa shape index (κ3) is 2.90. The van der Waals surface area contributed by atoms with Crippen LogP contribution in [0.4, 0.5) is 0 Å². The number of fused-ring (bicyclic) bond motifs is 1. The molecule has 0 fully saturated rings. The molecule has 21 heavy (non-hydrogen) atoms. The summed E-state index contributed by atoms with van der Waals surface area (Å²) in [5, 5.41) is 13.2. The molecule has 0 bridgehead atoms. The lowest BCUT2D eigenvalue weighted by molar-refractivity contribution is 0.0692. The number of hydrogen-bond acceptors (Lipinski definition) is 3. The Kier molecular flexibility index (Phi) is 3.88. The van der Waals surface area contributed by atoms with Crippen LogP contribution < -0.4 is 4.74 Å². The quantitative estimate of drug-likeness (QED) is 0.767. The van der Waals surface area contributed by atoms with Crippen molar-refractivity contribution in [2.45, 2.75) is 6.42 Å². The van der Waals surface area contributed by atoms with Crippen molar-refractivity contribution in [2.75, 3.05) is 6.61 Å². The monoisotopic (exact) mass is 298 g/mol. The Morgan fingerprint density at radius 2 is 1.95 bits per heavy atom. The normalized spacial score (nSPS) is 10.7. The smallest absolute Gasteiger partial charge is 0.339 e. The molecule has 0 atom stereocenters. The number of thiophene rings is 1. The summed E-state index contributed by atoms with van der Waals surface area (Å²) in [5.41, 5.74) is 0.208. The fourth-order valence-corrected chi connectivity index (χ4v) is 2.97. The number of benzene rings is 2. The lowest BCUT2D eigenvalue weighted by atomic mass is 10.1. The molecule has 0 unspecified atom stereocenters. The van der Waals surface area contributed by atoms with Gasteiger partial charge in [-0.1, -0.05) is 36.4 Å². The van der Waals surface area contributed by atoms with Gasteiger partial charge in [-0.3, -0.25) is 0 Å². The summed E-state index contributed by atoms with van der Waals surface area (Å²) in [7, 11) is 0. The number of rotatable bonds is 5. The number of carboxylic acid groups (broad SMARTS) is 1. The Morgan fingerprint density at radius 3 is 2.71 bits per heavy atom. The highest BCUT2D eigenvalue weighted by molar-refractivity contribution is 7.09. The van der Waals surface area contributed by atoms with Crippen molar-refractivity contribution in [3.63, 3.8) is 0 Å². The van der Waals surface area contributed by atoms with Gasteiger partial charge in [0, 0.05) is 16.7 Å². The molecular formula is C17H14O3S. The van der Waals surface area contributed by atoms with Gasteiger partial charge in [0.05, 0.1) is 6.61 Å². The molecule has 1 heterocycles. The van der Waals surface area contributed by atoms with Crippen LogP contribution in [0, 0.1) is 0 Å². The largest absolute Gasteiger partial charge is 0.492 e. The number of carboxylic acids is 1. The summed E-state index contributed by atoms with van der Waals surface area (Å²) >= 11 is 1.68. The summed E-state index contributed by atoms with van der Waals surface area (Å²) in [6, 6.07) is 15.1. The molecule has 0 radical (unpaired) electrons. The molecule has 0 spiro atoms. The van der Waals surface area contributed by atoms with Gasteiger partial charge >= 0.3 is 5.97 Å². The summed E-state index contributed by atoms with van der Waals surface area (Å²) in [6.07, 6.45) is 0.778. The Hall–Kier alpha value is -2.33. The second-order valence-corrected chi connectivity index (χ2v) is 5.68. The molecule has 3 nitrogen and oxygen atoms in total. The van der Waals surface area contributed by atoms with Crippen molar-refractivity contribution in [2.24, 2.45) is 0 Å². The molecule has 0 saturated heterocycles. The maximum atomic E-state index is 11.4. The third-order valence-electron chi connectivity index (χ3n) is 3.28. The van der Waals surface area contributed by atoms with Crippen molar-refractivity contribution in [3.8, 4) is 5.75 Å². The Morgan fingerprint density at radius 1 is 1.10 bits per heavy atom. The average Bonchev–Trinajstić information content (AvgIpc) is 3.00. The molecule has 0 aliphatic heterocycles. The Labute approximate surface area is 126 Å². The molecule has 1 aromatic heterocycles. The molecule has 106 valence electrons. The van der Waals surface area contributed by atoms with E-state index in [2.05, 4.69) is 6.07 Å². The first-order valence-electron chi connectivity index (χ1n) is 6.66. The van der Waals surface area contributed by atoms with Gasteiger partial charge in [-0.25, -0.2) is 4.79 Å². The Balaban J connectivity index is 1.90. The molecular weight excluding hydrogens is 284 g/mol. The number of carbonyl (C=O) groups is 1. The van der Waals surface area contributed by atoms with E-state index in [0.717, 1.165) is 17.2 Å². The number of aromatic carboxylic acids is 1. The highest BCUT2D eigenvalue weighted by Crippen LogP contribution is 2.30. The minimum Gasteiger partial charge on any atom is -0.492 e. The maximum absolute atomic E-state index is 11.4. The van der Waals surface area contributed by atoms with Crippen LogP contribution in [0.1, 0.15) is 15.2 Å². The highest BCUT2D eigenvalue weighted by atomic mass is 32.1. The van der Waals surface area contributed by atoms with Crippen LogP contribution in [0.5, 0.6) is 5.75 Å². The second-order valence-electron chi connectivity index (χ2n) is 4.65. The fourth-order valence-electron chi connectivity index (χ4n) is 2.28. The molecule has 3 rings (SSSR count). The van der Waals surface area contributed by atoms with Crippen molar-refractivity contribution in [1.82, 2.24) is 0 Å². The second kappa shape index (κ2) is 5.97. The predicted molar refractivity (Wildman–Crippen MR) is 84.4 cm³/mol. The summed E-state index contributed by atoms with van der Waals surface area (Å²) in [6.45, 7) is 0.467. The van der Waals surface area contributed by atoms with Gasteiger partial charge in [-0.05, 0) is 22.9 Å². The zero-order chi connectivity index (χ0) is 14.7. The van der Waals surface area contributed by atoms with Crippen LogP contribution in [0.2, 0.25) is 0 Å². The molecule has 0 amide bonds. The van der Waals surface area contributed by atoms with E-state index in [1.54, 1.807) is 17.4 Å². The zero-order valence-electron chi connectivity index (χ0n) is 11.3. The van der Waals surface area contributed by atoms with Crippen molar-refractivity contribution < 1.29 is 14.6 Å². The van der Waals surface area contributed by atoms with Crippen LogP contribution >= 0.6 is 11.3 Å². The van der Waals surface area contributed by atoms with E-state index in [1.807, 2.05) is 41.8 Å². The van der Waals surface area contributed by atoms with Crippen LogP contribution in [0.3, 0.4) is 0 Å². The molecule has 0 aliphatic rings. The fraction of sp³-hybridized carbons (Fsp3) is 0.118. The average molecular weight is 298 g/mol. The van der Waals surface area contributed by atoms with E-state index in [1.165, 1.54) is 4.88 Å². The molecule has 4 heteroatoms. The van der Waals surface area contributed by atoms with Gasteiger partial charge in [-0.15, -0.1) is 11.3 Å². The van der Waals surface area contributed by atoms with Gasteiger partial charge < -0.3 is 9.84 Å². The van der Waals surface area contributed by atoms with E-state index in [9.17, 15) is 9.90 Å². The van der Waals surface area contributed by atoms with Gasteiger partial charge in [-0.2, -0.15) is 0 Å². The molecule has 0 aliphatic carbocycles. The first-order chi connectivity index (χ1) is 10.3. The van der Waals surface area contributed by atoms with Crippen LogP contribution in [0.15, 0.2) is 53.9 Å². The van der Waals surface area contributed by atoms with Gasteiger partial charge in [0.1, 0.15) is 11.3 Å². The topological polar surface area (TPSA) is 46.5 Å². The van der Waals surface area contributed by atoms with Crippen molar-refractivity contribution in [3.05, 3.63) is 64.4 Å². The number of ether oxygens (including phenoxy) is 1. The lowest BCUT2D eigenvalue weighted by Crippen LogP contribution is -2.06. The first-order valence-corrected chi connectivity index (χ1v) is 7.54. The van der Waals surface area contributed by atoms with E-state index in [0.29, 0.717) is 12.4 Å². The molecule has 0 saturated carbocycles. The summed E-state index contributed by atoms with van der Waals surface area (Å²) in [4.78, 5) is 12.6. The zero-order valence-corrected chi connectivity index (χ0v) is 12.1. The Bertz CT molecular complexity index is 763.